The molecule has 3 spiro atoms. The first-order valence-electron chi connectivity index (χ1n) is 6.36. The van der Waals surface area contributed by atoms with Crippen LogP contribution in [0.4, 0.5) is 0 Å². The molecule has 8 heteroatoms. The Labute approximate surface area is 109 Å². The molecule has 0 aromatic rings. The molecule has 0 atom stereocenters. The quantitative estimate of drug-likeness (QED) is 0.580. The van der Waals surface area contributed by atoms with Gasteiger partial charge in [0, 0.05) is 0 Å². The molecule has 4 heterocycles. The Morgan fingerprint density at radius 3 is 1.05 bits per heavy atom. The monoisotopic (exact) mass is 276 g/mol. The van der Waals surface area contributed by atoms with E-state index in [1.165, 1.54) is 0 Å². The zero-order valence-corrected chi connectivity index (χ0v) is 10.4. The molecule has 4 fully saturated rings. The summed E-state index contributed by atoms with van der Waals surface area (Å²) in [7, 11) is 0. The van der Waals surface area contributed by atoms with Crippen LogP contribution in [0.25, 0.3) is 0 Å². The van der Waals surface area contributed by atoms with Gasteiger partial charge in [-0.1, -0.05) is 0 Å². The van der Waals surface area contributed by atoms with E-state index in [1.807, 2.05) is 0 Å². The average molecular weight is 276 g/mol. The van der Waals surface area contributed by atoms with Crippen molar-refractivity contribution in [1.82, 2.24) is 0 Å². The van der Waals surface area contributed by atoms with Gasteiger partial charge in [-0.15, -0.1) is 0 Å². The fourth-order valence-corrected chi connectivity index (χ4v) is 2.38. The van der Waals surface area contributed by atoms with Crippen molar-refractivity contribution < 1.29 is 37.9 Å². The van der Waals surface area contributed by atoms with Crippen LogP contribution in [0.3, 0.4) is 0 Å². The molecule has 0 aromatic heterocycles. The summed E-state index contributed by atoms with van der Waals surface area (Å²) in [4.78, 5) is 0. The van der Waals surface area contributed by atoms with Crippen LogP contribution in [0.5, 0.6) is 0 Å². The van der Waals surface area contributed by atoms with Crippen molar-refractivity contribution in [2.24, 2.45) is 5.41 Å². The van der Waals surface area contributed by atoms with Gasteiger partial charge in [0.15, 0.2) is 0 Å². The minimum Gasteiger partial charge on any atom is -0.302 e. The van der Waals surface area contributed by atoms with Crippen LogP contribution in [0.2, 0.25) is 0 Å². The lowest BCUT2D eigenvalue weighted by Gasteiger charge is -2.46. The van der Waals surface area contributed by atoms with E-state index in [0.717, 1.165) is 0 Å². The lowest BCUT2D eigenvalue weighted by atomic mass is 9.91. The maximum Gasteiger partial charge on any atom is 0.412 e. The summed E-state index contributed by atoms with van der Waals surface area (Å²) in [5, 5.41) is 0. The average Bonchev–Trinajstić information content (AvgIpc) is 3.09. The van der Waals surface area contributed by atoms with Crippen molar-refractivity contribution in [3.05, 3.63) is 0 Å². The maximum atomic E-state index is 5.56. The Kier molecular flexibility index (Phi) is 2.84. The van der Waals surface area contributed by atoms with E-state index in [4.69, 9.17) is 37.9 Å². The Morgan fingerprint density at radius 1 is 0.421 bits per heavy atom. The number of hydrogen-bond acceptors (Lipinski definition) is 8. The van der Waals surface area contributed by atoms with E-state index in [1.54, 1.807) is 0 Å². The molecule has 0 radical (unpaired) electrons. The van der Waals surface area contributed by atoms with Crippen LogP contribution in [-0.2, 0) is 37.9 Å². The highest BCUT2D eigenvalue weighted by Crippen LogP contribution is 2.39. The topological polar surface area (TPSA) is 73.8 Å². The fraction of sp³-hybridized carbons (Fsp3) is 1.00. The molecular formula is C11H16O8. The molecule has 0 N–H and O–H groups in total. The van der Waals surface area contributed by atoms with Gasteiger partial charge < -0.3 is 37.9 Å². The highest BCUT2D eigenvalue weighted by atomic mass is 17.0. The molecule has 4 rings (SSSR count). The van der Waals surface area contributed by atoms with Gasteiger partial charge in [-0.25, -0.2) is 0 Å². The van der Waals surface area contributed by atoms with Gasteiger partial charge in [0.25, 0.3) is 0 Å². The second-order valence-corrected chi connectivity index (χ2v) is 5.05. The first-order chi connectivity index (χ1) is 9.24. The van der Waals surface area contributed by atoms with Crippen LogP contribution in [0.15, 0.2) is 0 Å². The standard InChI is InChI=1S/C11H16O8/c1-2-13-10(12-1)16-5-9(6-17-10)7-18-11(19-8-9)14-3-4-15-11/h1-8H2. The molecular weight excluding hydrogens is 260 g/mol. The van der Waals surface area contributed by atoms with Gasteiger partial charge in [-0.3, -0.25) is 0 Å². The lowest BCUT2D eigenvalue weighted by molar-refractivity contribution is -0.530. The molecule has 0 aliphatic carbocycles. The molecule has 0 aromatic carbocycles. The second-order valence-electron chi connectivity index (χ2n) is 5.05. The summed E-state index contributed by atoms with van der Waals surface area (Å²) in [6.45, 7) is 3.31. The highest BCUT2D eigenvalue weighted by Gasteiger charge is 2.55. The summed E-state index contributed by atoms with van der Waals surface area (Å²) in [6.07, 6.45) is -2.67. The van der Waals surface area contributed by atoms with Gasteiger partial charge in [0.2, 0.25) is 0 Å². The third kappa shape index (κ3) is 2.08. The van der Waals surface area contributed by atoms with Crippen molar-refractivity contribution in [2.75, 3.05) is 52.9 Å². The SMILES string of the molecule is C1COC2(O1)OCC1(CO2)COC2(OCCO2)OC1. The highest BCUT2D eigenvalue weighted by molar-refractivity contribution is 4.85. The summed E-state index contributed by atoms with van der Waals surface area (Å²) >= 11 is 0. The van der Waals surface area contributed by atoms with Gasteiger partial charge in [-0.05, 0) is 0 Å². The predicted molar refractivity (Wildman–Crippen MR) is 55.5 cm³/mol. The van der Waals surface area contributed by atoms with E-state index in [-0.39, 0.29) is 5.41 Å². The second kappa shape index (κ2) is 4.34. The molecule has 8 nitrogen and oxygen atoms in total. The molecule has 4 aliphatic heterocycles. The Morgan fingerprint density at radius 2 is 0.737 bits per heavy atom. The Bertz CT molecular complexity index is 289. The Hall–Kier alpha value is -0.320. The molecule has 4 saturated heterocycles. The van der Waals surface area contributed by atoms with Crippen LogP contribution in [0.1, 0.15) is 0 Å². The Balaban J connectivity index is 1.38. The van der Waals surface area contributed by atoms with E-state index >= 15 is 0 Å². The minimum absolute atomic E-state index is 0.364. The van der Waals surface area contributed by atoms with Crippen LogP contribution >= 0.6 is 0 Å². The first kappa shape index (κ1) is 12.4. The number of ether oxygens (including phenoxy) is 8. The molecule has 19 heavy (non-hydrogen) atoms. The maximum absolute atomic E-state index is 5.56. The molecule has 0 amide bonds. The van der Waals surface area contributed by atoms with Gasteiger partial charge in [-0.2, -0.15) is 0 Å². The largest absolute Gasteiger partial charge is 0.412 e. The van der Waals surface area contributed by atoms with Crippen molar-refractivity contribution in [3.63, 3.8) is 0 Å². The molecule has 108 valence electrons. The van der Waals surface area contributed by atoms with Crippen molar-refractivity contribution in [1.29, 1.82) is 0 Å². The van der Waals surface area contributed by atoms with Crippen LogP contribution in [0, 0.1) is 5.41 Å². The minimum atomic E-state index is -1.33. The summed E-state index contributed by atoms with van der Waals surface area (Å²) in [5.74, 6) is 0. The van der Waals surface area contributed by atoms with Gasteiger partial charge >= 0.3 is 12.3 Å². The molecule has 0 saturated carbocycles. The van der Waals surface area contributed by atoms with Crippen LogP contribution < -0.4 is 0 Å². The predicted octanol–water partition coefficient (Wildman–Crippen LogP) is -0.617. The first-order valence-corrected chi connectivity index (χ1v) is 6.36. The third-order valence-electron chi connectivity index (χ3n) is 3.50. The fourth-order valence-electron chi connectivity index (χ4n) is 2.38. The van der Waals surface area contributed by atoms with Gasteiger partial charge in [0.05, 0.1) is 58.3 Å². The zero-order valence-electron chi connectivity index (χ0n) is 10.4. The van der Waals surface area contributed by atoms with Crippen molar-refractivity contribution in [2.45, 2.75) is 12.3 Å². The molecule has 4 aliphatic rings. The van der Waals surface area contributed by atoms with E-state index in [2.05, 4.69) is 0 Å². The van der Waals surface area contributed by atoms with Gasteiger partial charge in [0.1, 0.15) is 0 Å². The third-order valence-corrected chi connectivity index (χ3v) is 3.50. The van der Waals surface area contributed by atoms with E-state index in [9.17, 15) is 0 Å². The summed E-state index contributed by atoms with van der Waals surface area (Å²) < 4.78 is 43.5. The van der Waals surface area contributed by atoms with Crippen molar-refractivity contribution >= 4 is 0 Å². The van der Waals surface area contributed by atoms with Crippen LogP contribution in [-0.4, -0.2) is 65.2 Å². The molecule has 0 unspecified atom stereocenters. The molecule has 0 bridgehead atoms. The normalized spacial score (nSPS) is 35.4. The van der Waals surface area contributed by atoms with Crippen molar-refractivity contribution in [3.8, 4) is 0 Å². The summed E-state index contributed by atoms with van der Waals surface area (Å²) in [6, 6.07) is 0. The summed E-state index contributed by atoms with van der Waals surface area (Å²) in [5.41, 5.74) is -0.388. The van der Waals surface area contributed by atoms with E-state index < -0.39 is 12.3 Å². The zero-order chi connectivity index (χ0) is 12.8. The lowest BCUT2D eigenvalue weighted by Crippen LogP contribution is -2.59. The van der Waals surface area contributed by atoms with E-state index in [0.29, 0.717) is 52.9 Å². The number of rotatable bonds is 0. The number of hydrogen-bond donors (Lipinski definition) is 0. The smallest absolute Gasteiger partial charge is 0.302 e.